The Kier molecular flexibility index (Phi) is 6.47. The van der Waals surface area contributed by atoms with Gasteiger partial charge in [0, 0.05) is 39.3 Å². The van der Waals surface area contributed by atoms with Gasteiger partial charge in [0.05, 0.1) is 6.04 Å². The molecule has 1 rings (SSSR count). The van der Waals surface area contributed by atoms with E-state index < -0.39 is 0 Å². The van der Waals surface area contributed by atoms with Gasteiger partial charge in [-0.2, -0.15) is 0 Å². The fraction of sp³-hybridized carbons (Fsp3) is 0.917. The van der Waals surface area contributed by atoms with Crippen LogP contribution in [-0.2, 0) is 4.79 Å². The summed E-state index contributed by atoms with van der Waals surface area (Å²) < 4.78 is 0. The first-order valence-corrected chi connectivity index (χ1v) is 6.57. The Bertz CT molecular complexity index is 227. The van der Waals surface area contributed by atoms with Crippen LogP contribution in [0.1, 0.15) is 19.8 Å². The van der Waals surface area contributed by atoms with Crippen LogP contribution in [0.4, 0.5) is 0 Å². The van der Waals surface area contributed by atoms with Crippen LogP contribution in [0.3, 0.4) is 0 Å². The minimum Gasteiger partial charge on any atom is -0.353 e. The zero-order chi connectivity index (χ0) is 12.7. The highest BCUT2D eigenvalue weighted by Gasteiger charge is 2.15. The second-order valence-corrected chi connectivity index (χ2v) is 4.83. The topological polar surface area (TPSA) is 61.6 Å². The van der Waals surface area contributed by atoms with Gasteiger partial charge in [0.15, 0.2) is 0 Å². The van der Waals surface area contributed by atoms with Crippen molar-refractivity contribution in [3.8, 4) is 0 Å². The van der Waals surface area contributed by atoms with Crippen molar-refractivity contribution in [3.05, 3.63) is 0 Å². The summed E-state index contributed by atoms with van der Waals surface area (Å²) in [6.07, 6.45) is 1.72. The minimum absolute atomic E-state index is 0.0130. The van der Waals surface area contributed by atoms with Gasteiger partial charge in [-0.15, -0.1) is 0 Å². The van der Waals surface area contributed by atoms with Gasteiger partial charge in [-0.3, -0.25) is 9.69 Å². The monoisotopic (exact) mass is 242 g/mol. The molecule has 0 radical (unpaired) electrons. The summed E-state index contributed by atoms with van der Waals surface area (Å²) in [5.41, 5.74) is 5.73. The van der Waals surface area contributed by atoms with E-state index in [9.17, 15) is 4.79 Å². The maximum absolute atomic E-state index is 11.6. The quantitative estimate of drug-likeness (QED) is 0.658. The second-order valence-electron chi connectivity index (χ2n) is 4.83. The zero-order valence-electron chi connectivity index (χ0n) is 11.1. The van der Waals surface area contributed by atoms with Crippen molar-refractivity contribution < 1.29 is 4.79 Å². The van der Waals surface area contributed by atoms with Gasteiger partial charge in [0.25, 0.3) is 0 Å². The predicted molar refractivity (Wildman–Crippen MR) is 69.8 cm³/mol. The lowest BCUT2D eigenvalue weighted by Gasteiger charge is -2.32. The van der Waals surface area contributed by atoms with Crippen molar-refractivity contribution in [1.82, 2.24) is 15.1 Å². The molecule has 1 atom stereocenters. The normalized spacial score (nSPS) is 20.2. The van der Waals surface area contributed by atoms with Crippen LogP contribution in [0.25, 0.3) is 0 Å². The van der Waals surface area contributed by atoms with Gasteiger partial charge < -0.3 is 16.0 Å². The van der Waals surface area contributed by atoms with E-state index >= 15 is 0 Å². The Balaban J connectivity index is 2.09. The first-order chi connectivity index (χ1) is 8.13. The van der Waals surface area contributed by atoms with E-state index in [0.717, 1.165) is 45.6 Å². The number of nitrogens with zero attached hydrogens (tertiary/aromatic N) is 2. The van der Waals surface area contributed by atoms with Crippen molar-refractivity contribution in [2.24, 2.45) is 5.73 Å². The number of carbonyl (C=O) groups is 1. The molecular weight excluding hydrogens is 216 g/mol. The molecule has 1 aliphatic rings. The van der Waals surface area contributed by atoms with Crippen molar-refractivity contribution in [2.75, 3.05) is 46.3 Å². The van der Waals surface area contributed by atoms with E-state index in [1.54, 1.807) is 0 Å². The molecule has 1 heterocycles. The molecule has 1 fully saturated rings. The number of nitrogens with two attached hydrogens (primary N) is 1. The highest BCUT2D eigenvalue weighted by atomic mass is 16.2. The van der Waals surface area contributed by atoms with Crippen molar-refractivity contribution >= 4 is 5.91 Å². The first kappa shape index (κ1) is 14.4. The fourth-order valence-electron chi connectivity index (χ4n) is 1.98. The minimum atomic E-state index is -0.340. The highest BCUT2D eigenvalue weighted by Crippen LogP contribution is 1.98. The molecule has 0 aromatic heterocycles. The van der Waals surface area contributed by atoms with E-state index in [4.69, 9.17) is 5.73 Å². The molecule has 1 saturated heterocycles. The lowest BCUT2D eigenvalue weighted by atomic mass is 10.2. The second kappa shape index (κ2) is 7.63. The molecule has 0 spiro atoms. The molecule has 5 nitrogen and oxygen atoms in total. The number of carbonyl (C=O) groups excluding carboxylic acids is 1. The van der Waals surface area contributed by atoms with Crippen molar-refractivity contribution in [2.45, 2.75) is 25.8 Å². The fourth-order valence-corrected chi connectivity index (χ4v) is 1.98. The average Bonchev–Trinajstić information content (AvgIpc) is 2.32. The van der Waals surface area contributed by atoms with Gasteiger partial charge in [-0.05, 0) is 13.5 Å². The molecule has 0 unspecified atom stereocenters. The van der Waals surface area contributed by atoms with E-state index in [1.807, 2.05) is 6.92 Å². The van der Waals surface area contributed by atoms with E-state index in [-0.39, 0.29) is 11.9 Å². The van der Waals surface area contributed by atoms with E-state index in [2.05, 4.69) is 22.2 Å². The van der Waals surface area contributed by atoms with Crippen LogP contribution in [0.15, 0.2) is 0 Å². The summed E-state index contributed by atoms with van der Waals surface area (Å²) in [5, 5.41) is 2.91. The molecule has 0 aromatic rings. The lowest BCUT2D eigenvalue weighted by molar-refractivity contribution is -0.122. The highest BCUT2D eigenvalue weighted by molar-refractivity contribution is 5.81. The van der Waals surface area contributed by atoms with Crippen LogP contribution in [0, 0.1) is 0 Å². The summed E-state index contributed by atoms with van der Waals surface area (Å²) >= 11 is 0. The smallest absolute Gasteiger partial charge is 0.236 e. The number of rotatable bonds is 6. The van der Waals surface area contributed by atoms with E-state index in [1.165, 1.54) is 0 Å². The maximum atomic E-state index is 11.6. The number of hydrogen-bond donors (Lipinski definition) is 2. The largest absolute Gasteiger partial charge is 0.353 e. The molecule has 3 N–H and O–H groups in total. The molecule has 5 heteroatoms. The van der Waals surface area contributed by atoms with Crippen LogP contribution in [0.5, 0.6) is 0 Å². The summed E-state index contributed by atoms with van der Waals surface area (Å²) in [5.74, 6) is -0.0130. The molecule has 0 saturated carbocycles. The molecule has 100 valence electrons. The number of likely N-dealkylation sites (N-methyl/N-ethyl adjacent to an activating group) is 1. The predicted octanol–water partition coefficient (Wildman–Crippen LogP) is -0.523. The summed E-state index contributed by atoms with van der Waals surface area (Å²) in [6.45, 7) is 8.09. The Morgan fingerprint density at radius 1 is 1.35 bits per heavy atom. The maximum Gasteiger partial charge on any atom is 0.236 e. The van der Waals surface area contributed by atoms with Crippen LogP contribution in [-0.4, -0.2) is 68.1 Å². The number of piperazine rings is 1. The third-order valence-electron chi connectivity index (χ3n) is 3.26. The third-order valence-corrected chi connectivity index (χ3v) is 3.26. The molecule has 1 amide bonds. The van der Waals surface area contributed by atoms with Crippen molar-refractivity contribution in [1.29, 1.82) is 0 Å². The van der Waals surface area contributed by atoms with Gasteiger partial charge in [-0.25, -0.2) is 0 Å². The molecule has 1 aliphatic heterocycles. The Morgan fingerprint density at radius 2 is 2.00 bits per heavy atom. The Labute approximate surface area is 104 Å². The molecule has 17 heavy (non-hydrogen) atoms. The van der Waals surface area contributed by atoms with Gasteiger partial charge in [-0.1, -0.05) is 13.3 Å². The van der Waals surface area contributed by atoms with Crippen molar-refractivity contribution in [3.63, 3.8) is 0 Å². The standard InChI is InChI=1S/C12H26N4O/c1-3-4-11(13)12(17)14-5-6-16-9-7-15(2)8-10-16/h11H,3-10,13H2,1-2H3,(H,14,17)/t11-/m1/s1. The van der Waals surface area contributed by atoms with E-state index in [0.29, 0.717) is 6.54 Å². The zero-order valence-corrected chi connectivity index (χ0v) is 11.1. The lowest BCUT2D eigenvalue weighted by Crippen LogP contribution is -2.48. The molecular formula is C12H26N4O. The van der Waals surface area contributed by atoms with Crippen LogP contribution >= 0.6 is 0 Å². The molecule has 0 aromatic carbocycles. The number of nitrogens with one attached hydrogen (secondary N) is 1. The van der Waals surface area contributed by atoms with Gasteiger partial charge >= 0.3 is 0 Å². The Hall–Kier alpha value is -0.650. The summed E-state index contributed by atoms with van der Waals surface area (Å²) in [4.78, 5) is 16.3. The summed E-state index contributed by atoms with van der Waals surface area (Å²) in [7, 11) is 2.14. The molecule has 0 bridgehead atoms. The molecule has 0 aliphatic carbocycles. The van der Waals surface area contributed by atoms with Crippen LogP contribution < -0.4 is 11.1 Å². The SMILES string of the molecule is CCC[C@@H](N)C(=O)NCCN1CCN(C)CC1. The van der Waals surface area contributed by atoms with Gasteiger partial charge in [0.1, 0.15) is 0 Å². The summed E-state index contributed by atoms with van der Waals surface area (Å²) in [6, 6.07) is -0.340. The average molecular weight is 242 g/mol. The Morgan fingerprint density at radius 3 is 2.59 bits per heavy atom. The third kappa shape index (κ3) is 5.48. The number of amides is 1. The van der Waals surface area contributed by atoms with Gasteiger partial charge in [0.2, 0.25) is 5.91 Å². The number of hydrogen-bond acceptors (Lipinski definition) is 4. The van der Waals surface area contributed by atoms with Crippen LogP contribution in [0.2, 0.25) is 0 Å². The first-order valence-electron chi connectivity index (χ1n) is 6.57.